The molecule has 0 unspecified atom stereocenters. The predicted molar refractivity (Wildman–Crippen MR) is 92.8 cm³/mol. The molecule has 134 valence electrons. The molecule has 2 aromatic rings. The van der Waals surface area contributed by atoms with Crippen LogP contribution in [0.5, 0.6) is 0 Å². The Kier molecular flexibility index (Phi) is 4.92. The lowest BCUT2D eigenvalue weighted by Crippen LogP contribution is -2.45. The van der Waals surface area contributed by atoms with Gasteiger partial charge in [-0.25, -0.2) is 0 Å². The van der Waals surface area contributed by atoms with Crippen molar-refractivity contribution >= 4 is 17.6 Å². The van der Waals surface area contributed by atoms with Gasteiger partial charge in [0.25, 0.3) is 0 Å². The van der Waals surface area contributed by atoms with Gasteiger partial charge in [-0.3, -0.25) is 14.3 Å². The maximum Gasteiger partial charge on any atom is 0.315 e. The standard InChI is InChI=1S/C18H24N4O3/c1-4-13-5-6-15(25-13)14-11-12(2)7-10-22(14)18(24)17(23)19-16-8-9-21(3)20-16/h5-6,8-9,12,14H,4,7,10-11H2,1-3H3,(H,19,20,23)/t12-,14-/m1/s1. The summed E-state index contributed by atoms with van der Waals surface area (Å²) in [6.45, 7) is 4.73. The molecule has 3 heterocycles. The number of likely N-dealkylation sites (tertiary alicyclic amines) is 1. The van der Waals surface area contributed by atoms with Gasteiger partial charge in [-0.05, 0) is 30.9 Å². The first-order chi connectivity index (χ1) is 12.0. The summed E-state index contributed by atoms with van der Waals surface area (Å²) in [6.07, 6.45) is 4.18. The number of amides is 2. The summed E-state index contributed by atoms with van der Waals surface area (Å²) in [5, 5.41) is 6.64. The molecule has 0 radical (unpaired) electrons. The zero-order valence-corrected chi connectivity index (χ0v) is 14.9. The first-order valence-electron chi connectivity index (χ1n) is 8.68. The van der Waals surface area contributed by atoms with Crippen LogP contribution in [0.4, 0.5) is 5.82 Å². The predicted octanol–water partition coefficient (Wildman–Crippen LogP) is 2.51. The zero-order valence-electron chi connectivity index (χ0n) is 14.9. The lowest BCUT2D eigenvalue weighted by Gasteiger charge is -2.36. The van der Waals surface area contributed by atoms with Gasteiger partial charge >= 0.3 is 11.8 Å². The van der Waals surface area contributed by atoms with Crippen molar-refractivity contribution in [2.24, 2.45) is 13.0 Å². The molecule has 0 spiro atoms. The summed E-state index contributed by atoms with van der Waals surface area (Å²) in [7, 11) is 1.75. The second kappa shape index (κ2) is 7.13. The zero-order chi connectivity index (χ0) is 18.0. The highest BCUT2D eigenvalue weighted by molar-refractivity contribution is 6.39. The number of aromatic nitrogens is 2. The van der Waals surface area contributed by atoms with Crippen molar-refractivity contribution in [2.75, 3.05) is 11.9 Å². The van der Waals surface area contributed by atoms with E-state index in [1.54, 1.807) is 28.9 Å². The van der Waals surface area contributed by atoms with Crippen LogP contribution in [0.25, 0.3) is 0 Å². The van der Waals surface area contributed by atoms with Crippen molar-refractivity contribution in [2.45, 2.75) is 39.2 Å². The molecule has 0 aromatic carbocycles. The van der Waals surface area contributed by atoms with Gasteiger partial charge in [-0.15, -0.1) is 0 Å². The lowest BCUT2D eigenvalue weighted by molar-refractivity contribution is -0.146. The molecule has 1 fully saturated rings. The van der Waals surface area contributed by atoms with Crippen LogP contribution in [-0.4, -0.2) is 33.0 Å². The van der Waals surface area contributed by atoms with Gasteiger partial charge in [0.15, 0.2) is 5.82 Å². The van der Waals surface area contributed by atoms with E-state index in [9.17, 15) is 9.59 Å². The smallest absolute Gasteiger partial charge is 0.315 e. The third kappa shape index (κ3) is 3.75. The molecule has 0 bridgehead atoms. The molecular weight excluding hydrogens is 320 g/mol. The fourth-order valence-electron chi connectivity index (χ4n) is 3.20. The fraction of sp³-hybridized carbons (Fsp3) is 0.500. The monoisotopic (exact) mass is 344 g/mol. The van der Waals surface area contributed by atoms with Crippen LogP contribution in [-0.2, 0) is 23.1 Å². The fourth-order valence-corrected chi connectivity index (χ4v) is 3.20. The van der Waals surface area contributed by atoms with E-state index in [1.807, 2.05) is 19.1 Å². The number of nitrogens with one attached hydrogen (secondary N) is 1. The van der Waals surface area contributed by atoms with Crippen LogP contribution in [0.1, 0.15) is 44.3 Å². The summed E-state index contributed by atoms with van der Waals surface area (Å²) >= 11 is 0. The first-order valence-corrected chi connectivity index (χ1v) is 8.68. The van der Waals surface area contributed by atoms with Crippen molar-refractivity contribution in [3.05, 3.63) is 35.9 Å². The molecule has 3 rings (SSSR count). The largest absolute Gasteiger partial charge is 0.464 e. The number of furan rings is 1. The van der Waals surface area contributed by atoms with Gasteiger partial charge in [0.1, 0.15) is 11.5 Å². The van der Waals surface area contributed by atoms with Crippen molar-refractivity contribution in [3.8, 4) is 0 Å². The first kappa shape index (κ1) is 17.3. The summed E-state index contributed by atoms with van der Waals surface area (Å²) in [5.41, 5.74) is 0. The third-order valence-corrected chi connectivity index (χ3v) is 4.63. The third-order valence-electron chi connectivity index (χ3n) is 4.63. The van der Waals surface area contributed by atoms with E-state index >= 15 is 0 Å². The van der Waals surface area contributed by atoms with Gasteiger partial charge in [0.2, 0.25) is 0 Å². The molecule has 2 aromatic heterocycles. The average molecular weight is 344 g/mol. The number of piperidine rings is 1. The molecule has 0 aliphatic carbocycles. The average Bonchev–Trinajstić information content (AvgIpc) is 3.23. The molecule has 1 saturated heterocycles. The Bertz CT molecular complexity index is 764. The highest BCUT2D eigenvalue weighted by atomic mass is 16.3. The van der Waals surface area contributed by atoms with Gasteiger partial charge in [0, 0.05) is 32.3 Å². The van der Waals surface area contributed by atoms with Crippen molar-refractivity contribution in [3.63, 3.8) is 0 Å². The Morgan fingerprint density at radius 3 is 2.80 bits per heavy atom. The van der Waals surface area contributed by atoms with E-state index in [1.165, 1.54) is 0 Å². The van der Waals surface area contributed by atoms with E-state index in [2.05, 4.69) is 17.3 Å². The number of anilines is 1. The number of aryl methyl sites for hydroxylation is 2. The molecule has 1 aliphatic rings. The SMILES string of the molecule is CCc1ccc([C@H]2C[C@H](C)CCN2C(=O)C(=O)Nc2ccn(C)n2)o1. The minimum Gasteiger partial charge on any atom is -0.464 e. The molecule has 2 amide bonds. The molecule has 1 N–H and O–H groups in total. The Balaban J connectivity index is 1.76. The molecule has 0 saturated carbocycles. The van der Waals surface area contributed by atoms with E-state index in [0.29, 0.717) is 18.3 Å². The van der Waals surface area contributed by atoms with Crippen LogP contribution in [0, 0.1) is 5.92 Å². The van der Waals surface area contributed by atoms with Gasteiger partial charge in [-0.1, -0.05) is 13.8 Å². The molecule has 2 atom stereocenters. The second-order valence-corrected chi connectivity index (χ2v) is 6.63. The molecular formula is C18H24N4O3. The van der Waals surface area contributed by atoms with Crippen molar-refractivity contribution < 1.29 is 14.0 Å². The lowest BCUT2D eigenvalue weighted by atomic mass is 9.91. The van der Waals surface area contributed by atoms with E-state index < -0.39 is 11.8 Å². The number of hydrogen-bond donors (Lipinski definition) is 1. The van der Waals surface area contributed by atoms with E-state index in [0.717, 1.165) is 30.8 Å². The maximum absolute atomic E-state index is 12.7. The topological polar surface area (TPSA) is 80.4 Å². The Hall–Kier alpha value is -2.57. The minimum absolute atomic E-state index is 0.203. The summed E-state index contributed by atoms with van der Waals surface area (Å²) < 4.78 is 7.43. The summed E-state index contributed by atoms with van der Waals surface area (Å²) in [6, 6.07) is 5.30. The van der Waals surface area contributed by atoms with Crippen molar-refractivity contribution in [1.82, 2.24) is 14.7 Å². The van der Waals surface area contributed by atoms with Gasteiger partial charge < -0.3 is 14.6 Å². The highest BCUT2D eigenvalue weighted by Gasteiger charge is 2.35. The number of carbonyl (C=O) groups excluding carboxylic acids is 2. The number of hydrogen-bond acceptors (Lipinski definition) is 4. The van der Waals surface area contributed by atoms with Crippen LogP contribution >= 0.6 is 0 Å². The summed E-state index contributed by atoms with van der Waals surface area (Å²) in [5.74, 6) is 1.27. The van der Waals surface area contributed by atoms with Crippen LogP contribution in [0.3, 0.4) is 0 Å². The van der Waals surface area contributed by atoms with Gasteiger partial charge in [-0.2, -0.15) is 5.10 Å². The Morgan fingerprint density at radius 1 is 1.36 bits per heavy atom. The second-order valence-electron chi connectivity index (χ2n) is 6.63. The molecule has 7 heteroatoms. The quantitative estimate of drug-likeness (QED) is 0.868. The molecule has 1 aliphatic heterocycles. The normalized spacial score (nSPS) is 20.5. The van der Waals surface area contributed by atoms with Crippen LogP contribution in [0.15, 0.2) is 28.8 Å². The number of carbonyl (C=O) groups is 2. The Labute approximate surface area is 147 Å². The number of rotatable bonds is 3. The van der Waals surface area contributed by atoms with Crippen molar-refractivity contribution in [1.29, 1.82) is 0 Å². The maximum atomic E-state index is 12.7. The minimum atomic E-state index is -0.666. The number of nitrogens with zero attached hydrogens (tertiary/aromatic N) is 3. The van der Waals surface area contributed by atoms with E-state index in [-0.39, 0.29) is 6.04 Å². The van der Waals surface area contributed by atoms with Gasteiger partial charge in [0.05, 0.1) is 6.04 Å². The molecule has 7 nitrogen and oxygen atoms in total. The van der Waals surface area contributed by atoms with E-state index in [4.69, 9.17) is 4.42 Å². The Morgan fingerprint density at radius 2 is 2.16 bits per heavy atom. The van der Waals surface area contributed by atoms with Crippen LogP contribution < -0.4 is 5.32 Å². The van der Waals surface area contributed by atoms with Crippen LogP contribution in [0.2, 0.25) is 0 Å². The molecule has 25 heavy (non-hydrogen) atoms. The summed E-state index contributed by atoms with van der Waals surface area (Å²) in [4.78, 5) is 26.7. The highest BCUT2D eigenvalue weighted by Crippen LogP contribution is 2.35.